The number of ether oxygens (including phenoxy) is 1. The third-order valence-corrected chi connectivity index (χ3v) is 4.22. The summed E-state index contributed by atoms with van der Waals surface area (Å²) in [7, 11) is 0. The molecule has 0 aromatic rings. The second kappa shape index (κ2) is 6.02. The third-order valence-electron chi connectivity index (χ3n) is 4.22. The van der Waals surface area contributed by atoms with Gasteiger partial charge in [-0.3, -0.25) is 4.79 Å². The molecule has 0 spiro atoms. The Morgan fingerprint density at radius 1 is 1.33 bits per heavy atom. The predicted molar refractivity (Wildman–Crippen MR) is 71.2 cm³/mol. The first-order valence-electron chi connectivity index (χ1n) is 7.25. The lowest BCUT2D eigenvalue weighted by Crippen LogP contribution is -2.54. The lowest BCUT2D eigenvalue weighted by Gasteiger charge is -2.27. The van der Waals surface area contributed by atoms with E-state index >= 15 is 0 Å². The van der Waals surface area contributed by atoms with Crippen molar-refractivity contribution in [1.82, 2.24) is 5.32 Å². The van der Waals surface area contributed by atoms with Gasteiger partial charge in [0.05, 0.1) is 5.54 Å². The maximum absolute atomic E-state index is 11.5. The molecule has 2 aliphatic carbocycles. The number of hydrogen-bond donors (Lipinski definition) is 2. The average Bonchev–Trinajstić information content (AvgIpc) is 2.97. The number of hydrogen-bond acceptors (Lipinski definition) is 3. The van der Waals surface area contributed by atoms with Crippen LogP contribution in [0.15, 0.2) is 0 Å². The molecule has 4 heteroatoms. The molecule has 2 rings (SSSR count). The Morgan fingerprint density at radius 2 is 2.00 bits per heavy atom. The second-order valence-corrected chi connectivity index (χ2v) is 6.09. The lowest BCUT2D eigenvalue weighted by atomic mass is 9.97. The molecule has 1 atom stereocenters. The van der Waals surface area contributed by atoms with Crippen molar-refractivity contribution < 1.29 is 9.53 Å². The molecule has 104 valence electrons. The van der Waals surface area contributed by atoms with Gasteiger partial charge >= 0.3 is 0 Å². The lowest BCUT2D eigenvalue weighted by molar-refractivity contribution is -0.124. The molecule has 3 N–H and O–H groups in total. The van der Waals surface area contributed by atoms with Crippen molar-refractivity contribution in [2.75, 3.05) is 13.2 Å². The van der Waals surface area contributed by atoms with Gasteiger partial charge in [-0.2, -0.15) is 0 Å². The van der Waals surface area contributed by atoms with Gasteiger partial charge in [-0.1, -0.05) is 12.8 Å². The first kappa shape index (κ1) is 13.8. The number of amides is 1. The van der Waals surface area contributed by atoms with E-state index < -0.39 is 5.54 Å². The van der Waals surface area contributed by atoms with E-state index in [1.807, 2.05) is 6.92 Å². The minimum absolute atomic E-state index is 0.265. The van der Waals surface area contributed by atoms with Gasteiger partial charge in [0, 0.05) is 19.3 Å². The zero-order valence-electron chi connectivity index (χ0n) is 11.4. The second-order valence-electron chi connectivity index (χ2n) is 6.09. The van der Waals surface area contributed by atoms with Gasteiger partial charge < -0.3 is 15.8 Å². The summed E-state index contributed by atoms with van der Waals surface area (Å²) < 4.78 is 5.72. The number of nitrogens with two attached hydrogens (primary N) is 1. The Morgan fingerprint density at radius 3 is 2.56 bits per heavy atom. The van der Waals surface area contributed by atoms with E-state index in [1.54, 1.807) is 0 Å². The number of carbonyl (C=O) groups excluding carboxylic acids is 1. The minimum Gasteiger partial charge on any atom is -0.381 e. The van der Waals surface area contributed by atoms with Gasteiger partial charge in [0.25, 0.3) is 0 Å². The molecule has 18 heavy (non-hydrogen) atoms. The Labute approximate surface area is 110 Å². The van der Waals surface area contributed by atoms with Crippen LogP contribution < -0.4 is 11.1 Å². The molecular weight excluding hydrogens is 228 g/mol. The van der Waals surface area contributed by atoms with Crippen LogP contribution in [0.1, 0.15) is 51.9 Å². The summed E-state index contributed by atoms with van der Waals surface area (Å²) in [6, 6.07) is 0.484. The molecule has 0 aromatic carbocycles. The average molecular weight is 254 g/mol. The summed E-state index contributed by atoms with van der Waals surface area (Å²) in [5, 5.41) is 3.34. The fourth-order valence-electron chi connectivity index (χ4n) is 2.65. The fourth-order valence-corrected chi connectivity index (χ4v) is 2.65. The summed E-state index contributed by atoms with van der Waals surface area (Å²) in [6.07, 6.45) is 8.27. The largest absolute Gasteiger partial charge is 0.381 e. The van der Waals surface area contributed by atoms with Crippen LogP contribution in [-0.4, -0.2) is 30.7 Å². The number of primary amides is 1. The van der Waals surface area contributed by atoms with E-state index in [0.717, 1.165) is 25.4 Å². The van der Waals surface area contributed by atoms with Crippen molar-refractivity contribution in [3.05, 3.63) is 0 Å². The van der Waals surface area contributed by atoms with Gasteiger partial charge in [-0.05, 0) is 44.9 Å². The summed E-state index contributed by atoms with van der Waals surface area (Å²) in [5.74, 6) is 0.472. The summed E-state index contributed by atoms with van der Waals surface area (Å²) >= 11 is 0. The minimum atomic E-state index is -0.600. The molecule has 2 fully saturated rings. The van der Waals surface area contributed by atoms with Gasteiger partial charge in [0.2, 0.25) is 5.91 Å². The van der Waals surface area contributed by atoms with Gasteiger partial charge in [-0.15, -0.1) is 0 Å². The Balaban J connectivity index is 1.66. The first-order chi connectivity index (χ1) is 8.60. The van der Waals surface area contributed by atoms with Crippen molar-refractivity contribution in [2.24, 2.45) is 11.7 Å². The zero-order valence-corrected chi connectivity index (χ0v) is 11.4. The first-order valence-corrected chi connectivity index (χ1v) is 7.25. The summed E-state index contributed by atoms with van der Waals surface area (Å²) in [5.41, 5.74) is 4.89. The van der Waals surface area contributed by atoms with E-state index in [1.165, 1.54) is 25.7 Å². The van der Waals surface area contributed by atoms with E-state index in [0.29, 0.717) is 19.1 Å². The molecule has 1 unspecified atom stereocenters. The van der Waals surface area contributed by atoms with Crippen LogP contribution in [0.4, 0.5) is 0 Å². The van der Waals surface area contributed by atoms with Crippen molar-refractivity contribution in [3.8, 4) is 0 Å². The van der Waals surface area contributed by atoms with E-state index in [4.69, 9.17) is 10.5 Å². The normalized spacial score (nSPS) is 24.1. The van der Waals surface area contributed by atoms with Crippen LogP contribution >= 0.6 is 0 Å². The van der Waals surface area contributed by atoms with Crippen LogP contribution in [-0.2, 0) is 9.53 Å². The summed E-state index contributed by atoms with van der Waals surface area (Å²) in [4.78, 5) is 11.5. The molecular formula is C14H26N2O2. The number of rotatable bonds is 8. The van der Waals surface area contributed by atoms with Gasteiger partial charge in [0.1, 0.15) is 0 Å². The van der Waals surface area contributed by atoms with Gasteiger partial charge in [0.15, 0.2) is 0 Å². The predicted octanol–water partition coefficient (Wildman–Crippen LogP) is 1.58. The molecule has 4 nitrogen and oxygen atoms in total. The molecule has 0 aromatic heterocycles. The monoisotopic (exact) mass is 254 g/mol. The topological polar surface area (TPSA) is 64.3 Å². The Hall–Kier alpha value is -0.610. The SMILES string of the molecule is CC(CCOCC1CCCC1)(NC1CC1)C(N)=O. The van der Waals surface area contributed by atoms with Crippen LogP contribution in [0.25, 0.3) is 0 Å². The highest BCUT2D eigenvalue weighted by molar-refractivity contribution is 5.84. The van der Waals surface area contributed by atoms with Crippen molar-refractivity contribution in [1.29, 1.82) is 0 Å². The molecule has 0 radical (unpaired) electrons. The Kier molecular flexibility index (Phi) is 4.62. The molecule has 0 heterocycles. The van der Waals surface area contributed by atoms with E-state index in [9.17, 15) is 4.79 Å². The van der Waals surface area contributed by atoms with Crippen molar-refractivity contribution in [2.45, 2.75) is 63.5 Å². The number of carbonyl (C=O) groups is 1. The molecule has 2 aliphatic rings. The van der Waals surface area contributed by atoms with Crippen molar-refractivity contribution in [3.63, 3.8) is 0 Å². The highest BCUT2D eigenvalue weighted by Crippen LogP contribution is 2.26. The van der Waals surface area contributed by atoms with Gasteiger partial charge in [-0.25, -0.2) is 0 Å². The maximum Gasteiger partial charge on any atom is 0.237 e. The van der Waals surface area contributed by atoms with Crippen molar-refractivity contribution >= 4 is 5.91 Å². The smallest absolute Gasteiger partial charge is 0.237 e. The highest BCUT2D eigenvalue weighted by Gasteiger charge is 2.36. The van der Waals surface area contributed by atoms with Crippen LogP contribution in [0.3, 0.4) is 0 Å². The standard InChI is InChI=1S/C14H26N2O2/c1-14(13(15)17,16-12-6-7-12)8-9-18-10-11-4-2-3-5-11/h11-12,16H,2-10H2,1H3,(H2,15,17). The van der Waals surface area contributed by atoms with Crippen LogP contribution in [0, 0.1) is 5.92 Å². The zero-order chi connectivity index (χ0) is 13.0. The van der Waals surface area contributed by atoms with Crippen LogP contribution in [0.5, 0.6) is 0 Å². The number of nitrogens with one attached hydrogen (secondary N) is 1. The molecule has 0 bridgehead atoms. The maximum atomic E-state index is 11.5. The molecule has 2 saturated carbocycles. The van der Waals surface area contributed by atoms with E-state index in [2.05, 4.69) is 5.32 Å². The molecule has 0 saturated heterocycles. The molecule has 0 aliphatic heterocycles. The fraction of sp³-hybridized carbons (Fsp3) is 0.929. The van der Waals surface area contributed by atoms with E-state index in [-0.39, 0.29) is 5.91 Å². The highest BCUT2D eigenvalue weighted by atomic mass is 16.5. The Bertz CT molecular complexity index is 286. The molecule has 1 amide bonds. The summed E-state index contributed by atoms with van der Waals surface area (Å²) in [6.45, 7) is 3.36. The quantitative estimate of drug-likeness (QED) is 0.646. The third kappa shape index (κ3) is 3.95. The van der Waals surface area contributed by atoms with Crippen LogP contribution in [0.2, 0.25) is 0 Å².